The minimum absolute atomic E-state index is 0.0918. The van der Waals surface area contributed by atoms with Crippen LogP contribution in [0.15, 0.2) is 76.2 Å². The Morgan fingerprint density at radius 2 is 1.94 bits per heavy atom. The Kier molecular flexibility index (Phi) is 6.69. The van der Waals surface area contributed by atoms with Gasteiger partial charge in [-0.1, -0.05) is 30.3 Å². The van der Waals surface area contributed by atoms with Crippen LogP contribution in [0.5, 0.6) is 0 Å². The minimum Gasteiger partial charge on any atom is -0.469 e. The van der Waals surface area contributed by atoms with E-state index < -0.39 is 10.0 Å². The van der Waals surface area contributed by atoms with Gasteiger partial charge in [0.25, 0.3) is 0 Å². The third-order valence-electron chi connectivity index (χ3n) is 4.90. The number of thiazole rings is 1. The lowest BCUT2D eigenvalue weighted by Gasteiger charge is -2.22. The molecule has 4 rings (SSSR count). The second-order valence-corrected chi connectivity index (χ2v) is 10.5. The highest BCUT2D eigenvalue weighted by Crippen LogP contribution is 2.27. The van der Waals surface area contributed by atoms with Gasteiger partial charge in [-0.05, 0) is 42.8 Å². The van der Waals surface area contributed by atoms with E-state index in [0.717, 1.165) is 26.5 Å². The molecule has 0 unspecified atom stereocenters. The van der Waals surface area contributed by atoms with Gasteiger partial charge in [0.1, 0.15) is 5.76 Å². The van der Waals surface area contributed by atoms with Crippen LogP contribution in [-0.2, 0) is 27.8 Å². The normalized spacial score (nSPS) is 11.8. The number of fused-ring (bicyclic) bond motifs is 1. The molecule has 32 heavy (non-hydrogen) atoms. The summed E-state index contributed by atoms with van der Waals surface area (Å²) in [7, 11) is -3.91. The van der Waals surface area contributed by atoms with Crippen molar-refractivity contribution in [3.8, 4) is 0 Å². The number of aryl methyl sites for hydroxylation is 1. The largest absolute Gasteiger partial charge is 0.469 e. The van der Waals surface area contributed by atoms with Crippen LogP contribution < -0.4 is 5.32 Å². The molecule has 4 aromatic rings. The van der Waals surface area contributed by atoms with Gasteiger partial charge in [0.05, 0.1) is 32.9 Å². The number of hydrogen-bond donors (Lipinski definition) is 1. The van der Waals surface area contributed by atoms with E-state index in [1.165, 1.54) is 15.6 Å². The second-order valence-electron chi connectivity index (χ2n) is 7.30. The maximum absolute atomic E-state index is 13.5. The molecule has 9 heteroatoms. The fourth-order valence-corrected chi connectivity index (χ4v) is 5.69. The zero-order chi connectivity index (χ0) is 22.6. The number of benzene rings is 2. The van der Waals surface area contributed by atoms with E-state index in [0.29, 0.717) is 13.0 Å². The Labute approximate surface area is 190 Å². The molecule has 7 nitrogen and oxygen atoms in total. The van der Waals surface area contributed by atoms with E-state index in [2.05, 4.69) is 10.3 Å². The van der Waals surface area contributed by atoms with E-state index in [1.54, 1.807) is 30.5 Å². The average Bonchev–Trinajstić information content (AvgIpc) is 3.42. The lowest BCUT2D eigenvalue weighted by Crippen LogP contribution is -2.40. The van der Waals surface area contributed by atoms with Gasteiger partial charge in [-0.25, -0.2) is 13.4 Å². The lowest BCUT2D eigenvalue weighted by molar-refractivity contribution is -0.121. The van der Waals surface area contributed by atoms with Crippen LogP contribution in [0.2, 0.25) is 0 Å². The van der Waals surface area contributed by atoms with Crippen molar-refractivity contribution in [1.82, 2.24) is 14.6 Å². The highest BCUT2D eigenvalue weighted by Gasteiger charge is 2.27. The molecule has 0 radical (unpaired) electrons. The maximum Gasteiger partial charge on any atom is 0.243 e. The number of sulfonamides is 1. The number of rotatable bonds is 9. The van der Waals surface area contributed by atoms with Gasteiger partial charge in [0.15, 0.2) is 0 Å². The zero-order valence-electron chi connectivity index (χ0n) is 17.5. The number of hydrogen-bond acceptors (Lipinski definition) is 6. The summed E-state index contributed by atoms with van der Waals surface area (Å²) in [5, 5.41) is 3.65. The number of furan rings is 1. The topological polar surface area (TPSA) is 92.5 Å². The summed E-state index contributed by atoms with van der Waals surface area (Å²) in [4.78, 5) is 17.1. The van der Waals surface area contributed by atoms with Crippen LogP contribution in [0.3, 0.4) is 0 Å². The molecule has 2 heterocycles. The van der Waals surface area contributed by atoms with Gasteiger partial charge in [0.2, 0.25) is 15.9 Å². The minimum atomic E-state index is -3.91. The number of nitrogens with one attached hydrogen (secondary N) is 1. The van der Waals surface area contributed by atoms with E-state index in [4.69, 9.17) is 4.42 Å². The van der Waals surface area contributed by atoms with Crippen LogP contribution in [0, 0.1) is 6.92 Å². The summed E-state index contributed by atoms with van der Waals surface area (Å²) in [6.07, 6.45) is 2.11. The highest BCUT2D eigenvalue weighted by molar-refractivity contribution is 7.89. The van der Waals surface area contributed by atoms with Crippen LogP contribution in [0.25, 0.3) is 10.2 Å². The molecule has 1 N–H and O–H groups in total. The Hall–Kier alpha value is -3.01. The van der Waals surface area contributed by atoms with Crippen molar-refractivity contribution < 1.29 is 17.6 Å². The first-order valence-corrected chi connectivity index (χ1v) is 12.4. The molecular formula is C23H23N3O4S2. The Morgan fingerprint density at radius 3 is 2.69 bits per heavy atom. The summed E-state index contributed by atoms with van der Waals surface area (Å²) < 4.78 is 34.3. The number of carbonyl (C=O) groups excluding carboxylic acids is 1. The summed E-state index contributed by atoms with van der Waals surface area (Å²) in [5.41, 5.74) is 1.56. The summed E-state index contributed by atoms with van der Waals surface area (Å²) in [5.74, 6) is 0.387. The molecule has 0 aliphatic carbocycles. The van der Waals surface area contributed by atoms with Crippen molar-refractivity contribution in [1.29, 1.82) is 0 Å². The van der Waals surface area contributed by atoms with Crippen molar-refractivity contribution in [3.63, 3.8) is 0 Å². The Balaban J connectivity index is 1.54. The van der Waals surface area contributed by atoms with Gasteiger partial charge in [0, 0.05) is 19.5 Å². The molecule has 0 spiro atoms. The molecule has 2 aromatic carbocycles. The molecule has 2 aromatic heterocycles. The van der Waals surface area contributed by atoms with Crippen molar-refractivity contribution in [2.45, 2.75) is 24.8 Å². The van der Waals surface area contributed by atoms with Gasteiger partial charge in [-0.2, -0.15) is 4.31 Å². The second kappa shape index (κ2) is 9.64. The standard InChI is InChI=1S/C23H23N3O4S2/c1-17-25-21-10-9-20(14-22(21)31-17)32(28,29)26(15-18-6-3-2-4-7-18)16-23(27)24-12-11-19-8-5-13-30-19/h2-10,13-14H,11-12,15-16H2,1H3,(H,24,27). The van der Waals surface area contributed by atoms with Gasteiger partial charge < -0.3 is 9.73 Å². The predicted octanol–water partition coefficient (Wildman–Crippen LogP) is 3.75. The SMILES string of the molecule is Cc1nc2ccc(S(=O)(=O)N(CC(=O)NCCc3ccco3)Cc3ccccc3)cc2s1. The number of nitrogens with zero attached hydrogens (tertiary/aromatic N) is 2. The van der Waals surface area contributed by atoms with Crippen LogP contribution in [-0.4, -0.2) is 36.7 Å². The van der Waals surface area contributed by atoms with Crippen molar-refractivity contribution in [2.75, 3.05) is 13.1 Å². The molecule has 0 saturated heterocycles. The highest BCUT2D eigenvalue weighted by atomic mass is 32.2. The average molecular weight is 470 g/mol. The van der Waals surface area contributed by atoms with E-state index in [9.17, 15) is 13.2 Å². The maximum atomic E-state index is 13.5. The first kappa shape index (κ1) is 22.2. The monoisotopic (exact) mass is 469 g/mol. The Morgan fingerprint density at radius 1 is 1.12 bits per heavy atom. The first-order chi connectivity index (χ1) is 15.4. The van der Waals surface area contributed by atoms with E-state index in [-0.39, 0.29) is 23.9 Å². The quantitative estimate of drug-likeness (QED) is 0.403. The molecule has 0 atom stereocenters. The summed E-state index contributed by atoms with van der Waals surface area (Å²) in [6.45, 7) is 2.05. The summed E-state index contributed by atoms with van der Waals surface area (Å²) >= 11 is 1.44. The van der Waals surface area contributed by atoms with Crippen LogP contribution in [0.1, 0.15) is 16.3 Å². The number of amides is 1. The molecule has 0 saturated carbocycles. The number of aromatic nitrogens is 1. The van der Waals surface area contributed by atoms with E-state index >= 15 is 0 Å². The molecule has 166 valence electrons. The smallest absolute Gasteiger partial charge is 0.243 e. The molecule has 0 aliphatic rings. The van der Waals surface area contributed by atoms with Gasteiger partial charge >= 0.3 is 0 Å². The van der Waals surface area contributed by atoms with Gasteiger partial charge in [-0.15, -0.1) is 11.3 Å². The fourth-order valence-electron chi connectivity index (χ4n) is 3.34. The van der Waals surface area contributed by atoms with Crippen molar-refractivity contribution in [2.24, 2.45) is 0 Å². The Bertz CT molecular complexity index is 1300. The lowest BCUT2D eigenvalue weighted by atomic mass is 10.2. The third-order valence-corrected chi connectivity index (χ3v) is 7.62. The zero-order valence-corrected chi connectivity index (χ0v) is 19.2. The van der Waals surface area contributed by atoms with Crippen LogP contribution in [0.4, 0.5) is 0 Å². The molecule has 0 bridgehead atoms. The fraction of sp³-hybridized carbons (Fsp3) is 0.217. The summed E-state index contributed by atoms with van der Waals surface area (Å²) in [6, 6.07) is 17.7. The third kappa shape index (κ3) is 5.24. The molecule has 1 amide bonds. The van der Waals surface area contributed by atoms with Crippen LogP contribution >= 0.6 is 11.3 Å². The van der Waals surface area contributed by atoms with E-state index in [1.807, 2.05) is 43.3 Å². The van der Waals surface area contributed by atoms with Crippen molar-refractivity contribution >= 4 is 37.5 Å². The number of carbonyl (C=O) groups is 1. The molecule has 0 aliphatic heterocycles. The van der Waals surface area contributed by atoms with Gasteiger partial charge in [-0.3, -0.25) is 4.79 Å². The first-order valence-electron chi connectivity index (χ1n) is 10.1. The van der Waals surface area contributed by atoms with Crippen molar-refractivity contribution in [3.05, 3.63) is 83.3 Å². The predicted molar refractivity (Wildman–Crippen MR) is 124 cm³/mol. The molecule has 0 fully saturated rings. The molecular weight excluding hydrogens is 446 g/mol.